The van der Waals surface area contributed by atoms with Crippen molar-refractivity contribution in [3.05, 3.63) is 0 Å². The van der Waals surface area contributed by atoms with Gasteiger partial charge in [0.25, 0.3) is 0 Å². The molecule has 588 valence electrons. The van der Waals surface area contributed by atoms with E-state index in [1.807, 2.05) is 0 Å². The lowest BCUT2D eigenvalue weighted by Gasteiger charge is -2.21. The Kier molecular flexibility index (Phi) is 67.8. The lowest BCUT2D eigenvalue weighted by Crippen LogP contribution is -2.30. The van der Waals surface area contributed by atoms with Crippen LogP contribution in [0.3, 0.4) is 0 Å². The van der Waals surface area contributed by atoms with E-state index in [4.69, 9.17) is 37.0 Å². The molecule has 0 aromatic rings. The molecule has 0 fully saturated rings. The molecule has 0 aromatic heterocycles. The molecule has 3 N–H and O–H groups in total. The van der Waals surface area contributed by atoms with Gasteiger partial charge < -0.3 is 33.8 Å². The number of carbonyl (C=O) groups excluding carboxylic acids is 4. The summed E-state index contributed by atoms with van der Waals surface area (Å²) in [5, 5.41) is 10.6. The van der Waals surface area contributed by atoms with Crippen molar-refractivity contribution in [3.8, 4) is 0 Å². The molecule has 99 heavy (non-hydrogen) atoms. The minimum absolute atomic E-state index is 0.104. The molecule has 0 aromatic carbocycles. The average Bonchev–Trinajstić information content (AvgIpc) is 0.938. The second kappa shape index (κ2) is 69.1. The first-order valence-electron chi connectivity index (χ1n) is 41.2. The molecule has 0 amide bonds. The number of aliphatic hydroxyl groups excluding tert-OH is 1. The van der Waals surface area contributed by atoms with Crippen LogP contribution in [-0.4, -0.2) is 96.7 Å². The number of rotatable bonds is 77. The van der Waals surface area contributed by atoms with Crippen LogP contribution in [0, 0.1) is 23.7 Å². The summed E-state index contributed by atoms with van der Waals surface area (Å²) < 4.78 is 68.6. The molecule has 0 aliphatic carbocycles. The number of hydrogen-bond acceptors (Lipinski definition) is 15. The van der Waals surface area contributed by atoms with Crippen LogP contribution in [0.2, 0.25) is 0 Å². The third-order valence-electron chi connectivity index (χ3n) is 18.6. The van der Waals surface area contributed by atoms with Crippen LogP contribution < -0.4 is 0 Å². The standard InChI is InChI=1S/C80H156O17P2/c1-70(2)56-48-40-32-25-21-17-13-11-9-10-12-14-20-24-28-37-46-54-62-79(84)96-75(66-90-77(82)60-52-44-36-27-23-19-16-15-18-22-26-33-41-49-57-71(3)4)68-94-98(86,87)92-64-74(81)65-93-99(88,89)95-69-76(67-91-78(83)61-53-45-39-31-35-43-51-59-73(7)8)97-80(85)63-55-47-38-30-29-34-42-50-58-72(5)6/h70-76,81H,9-69H2,1-8H3,(H,86,87)(H,88,89)/t74?,75-,76-/m1/s1. The molecule has 5 atom stereocenters. The van der Waals surface area contributed by atoms with Crippen molar-refractivity contribution in [1.29, 1.82) is 0 Å². The summed E-state index contributed by atoms with van der Waals surface area (Å²) in [5.74, 6) is 0.924. The highest BCUT2D eigenvalue weighted by atomic mass is 31.2. The highest BCUT2D eigenvalue weighted by molar-refractivity contribution is 7.47. The molecule has 3 unspecified atom stereocenters. The molecule has 0 aliphatic heterocycles. The first kappa shape index (κ1) is 97.1. The van der Waals surface area contributed by atoms with Gasteiger partial charge in [0, 0.05) is 25.7 Å². The summed E-state index contributed by atoms with van der Waals surface area (Å²) in [5.41, 5.74) is 0. The molecular weight excluding hydrogens is 1290 g/mol. The molecule has 17 nitrogen and oxygen atoms in total. The third-order valence-corrected chi connectivity index (χ3v) is 20.5. The summed E-state index contributed by atoms with van der Waals surface area (Å²) in [6, 6.07) is 0. The quantitative estimate of drug-likeness (QED) is 0.0222. The number of phosphoric acid groups is 2. The van der Waals surface area contributed by atoms with Gasteiger partial charge in [-0.1, -0.05) is 357 Å². The van der Waals surface area contributed by atoms with Crippen molar-refractivity contribution >= 4 is 39.5 Å². The maximum atomic E-state index is 13.1. The van der Waals surface area contributed by atoms with E-state index in [-0.39, 0.29) is 25.7 Å². The maximum Gasteiger partial charge on any atom is 0.472 e. The van der Waals surface area contributed by atoms with Crippen molar-refractivity contribution in [2.24, 2.45) is 23.7 Å². The molecule has 0 radical (unpaired) electrons. The Morgan fingerprint density at radius 1 is 0.253 bits per heavy atom. The minimum Gasteiger partial charge on any atom is -0.462 e. The Labute approximate surface area is 607 Å². The number of unbranched alkanes of at least 4 members (excludes halogenated alkanes) is 43. The van der Waals surface area contributed by atoms with Gasteiger partial charge in [0.2, 0.25) is 0 Å². The lowest BCUT2D eigenvalue weighted by atomic mass is 10.0. The number of carbonyl (C=O) groups is 4. The smallest absolute Gasteiger partial charge is 0.462 e. The summed E-state index contributed by atoms with van der Waals surface area (Å²) in [7, 11) is -9.92. The molecule has 0 aliphatic rings. The average molecular weight is 1450 g/mol. The van der Waals surface area contributed by atoms with Crippen molar-refractivity contribution in [2.45, 2.75) is 427 Å². The fourth-order valence-electron chi connectivity index (χ4n) is 12.3. The van der Waals surface area contributed by atoms with E-state index in [0.717, 1.165) is 114 Å². The van der Waals surface area contributed by atoms with Crippen LogP contribution in [0.5, 0.6) is 0 Å². The second-order valence-electron chi connectivity index (χ2n) is 30.7. The number of phosphoric ester groups is 2. The third kappa shape index (κ3) is 74.1. The maximum absolute atomic E-state index is 13.1. The van der Waals surface area contributed by atoms with Gasteiger partial charge in [-0.3, -0.25) is 37.3 Å². The molecule has 0 saturated carbocycles. The number of aliphatic hydroxyl groups is 1. The highest BCUT2D eigenvalue weighted by Crippen LogP contribution is 2.45. The van der Waals surface area contributed by atoms with Gasteiger partial charge >= 0.3 is 39.5 Å². The lowest BCUT2D eigenvalue weighted by molar-refractivity contribution is -0.161. The summed E-state index contributed by atoms with van der Waals surface area (Å²) in [4.78, 5) is 72.9. The highest BCUT2D eigenvalue weighted by Gasteiger charge is 2.30. The first-order valence-corrected chi connectivity index (χ1v) is 44.2. The Morgan fingerprint density at radius 2 is 0.424 bits per heavy atom. The zero-order valence-corrected chi connectivity index (χ0v) is 66.9. The normalized spacial score (nSPS) is 14.1. The molecule has 19 heteroatoms. The second-order valence-corrected chi connectivity index (χ2v) is 33.6. The Hall–Kier alpha value is -1.94. The van der Waals surface area contributed by atoms with Crippen LogP contribution in [0.15, 0.2) is 0 Å². The van der Waals surface area contributed by atoms with Gasteiger partial charge in [0.1, 0.15) is 19.3 Å². The van der Waals surface area contributed by atoms with E-state index in [9.17, 15) is 43.2 Å². The van der Waals surface area contributed by atoms with E-state index >= 15 is 0 Å². The van der Waals surface area contributed by atoms with Crippen molar-refractivity contribution in [1.82, 2.24) is 0 Å². The molecule has 0 saturated heterocycles. The van der Waals surface area contributed by atoms with Crippen LogP contribution in [0.4, 0.5) is 0 Å². The van der Waals surface area contributed by atoms with E-state index < -0.39 is 97.5 Å². The minimum atomic E-state index is -4.96. The van der Waals surface area contributed by atoms with E-state index in [0.29, 0.717) is 31.6 Å². The largest absolute Gasteiger partial charge is 0.472 e. The fraction of sp³-hybridized carbons (Fsp3) is 0.950. The Bertz CT molecular complexity index is 1940. The van der Waals surface area contributed by atoms with Gasteiger partial charge in [-0.2, -0.15) is 0 Å². The zero-order chi connectivity index (χ0) is 73.1. The zero-order valence-electron chi connectivity index (χ0n) is 65.1. The number of esters is 4. The molecule has 0 bridgehead atoms. The van der Waals surface area contributed by atoms with Gasteiger partial charge in [-0.05, 0) is 49.4 Å². The number of hydrogen-bond donors (Lipinski definition) is 3. The predicted molar refractivity (Wildman–Crippen MR) is 404 cm³/mol. The molecule has 0 rings (SSSR count). The summed E-state index contributed by atoms with van der Waals surface area (Å²) >= 11 is 0. The van der Waals surface area contributed by atoms with E-state index in [1.165, 1.54) is 205 Å². The van der Waals surface area contributed by atoms with Crippen LogP contribution in [0.1, 0.15) is 409 Å². The fourth-order valence-corrected chi connectivity index (χ4v) is 13.8. The van der Waals surface area contributed by atoms with Crippen LogP contribution in [0.25, 0.3) is 0 Å². The van der Waals surface area contributed by atoms with Gasteiger partial charge in [-0.25, -0.2) is 9.13 Å². The molecule has 0 spiro atoms. The summed E-state index contributed by atoms with van der Waals surface area (Å²) in [6.07, 6.45) is 55.8. The van der Waals surface area contributed by atoms with Gasteiger partial charge in [0.05, 0.1) is 26.4 Å². The first-order chi connectivity index (χ1) is 47.6. The van der Waals surface area contributed by atoms with Crippen LogP contribution >= 0.6 is 15.6 Å². The van der Waals surface area contributed by atoms with Crippen molar-refractivity contribution < 1.29 is 80.2 Å². The predicted octanol–water partition coefficient (Wildman–Crippen LogP) is 23.6. The summed E-state index contributed by atoms with van der Waals surface area (Å²) in [6.45, 7) is 14.2. The van der Waals surface area contributed by atoms with Crippen LogP contribution in [-0.2, 0) is 65.4 Å². The monoisotopic (exact) mass is 1450 g/mol. The number of ether oxygens (including phenoxy) is 4. The Balaban J connectivity index is 5.21. The van der Waals surface area contributed by atoms with Crippen molar-refractivity contribution in [3.63, 3.8) is 0 Å². The van der Waals surface area contributed by atoms with E-state index in [2.05, 4.69) is 55.4 Å². The topological polar surface area (TPSA) is 237 Å². The molecular formula is C80H156O17P2. The molecule has 0 heterocycles. The SMILES string of the molecule is CC(C)CCCCCCCCCCCCCCCCCCCCC(=O)O[C@H](COC(=O)CCCCCCCCCCCCCCCCC(C)C)COP(=O)(O)OCC(O)COP(=O)(O)OC[C@@H](COC(=O)CCCCCCCCCC(C)C)OC(=O)CCCCCCCCCCC(C)C. The van der Waals surface area contributed by atoms with Gasteiger partial charge in [-0.15, -0.1) is 0 Å². The van der Waals surface area contributed by atoms with Gasteiger partial charge in [0.15, 0.2) is 12.2 Å². The van der Waals surface area contributed by atoms with Crippen molar-refractivity contribution in [2.75, 3.05) is 39.6 Å². The Morgan fingerprint density at radius 3 is 0.626 bits per heavy atom. The van der Waals surface area contributed by atoms with E-state index in [1.54, 1.807) is 0 Å².